The van der Waals surface area contributed by atoms with Crippen molar-refractivity contribution >= 4 is 23.0 Å². The number of hydrogen-bond donors (Lipinski definition) is 3. The van der Waals surface area contributed by atoms with E-state index in [-0.39, 0.29) is 0 Å². The molecule has 0 bridgehead atoms. The quantitative estimate of drug-likeness (QED) is 0.644. The van der Waals surface area contributed by atoms with E-state index in [1.54, 1.807) is 19.3 Å². The summed E-state index contributed by atoms with van der Waals surface area (Å²) in [7, 11) is 0. The average Bonchev–Trinajstić information content (AvgIpc) is 2.16. The Morgan fingerprint density at radius 1 is 1.71 bits per heavy atom. The maximum Gasteiger partial charge on any atom is 0.170 e. The molecule has 1 atom stereocenters. The van der Waals surface area contributed by atoms with Gasteiger partial charge in [-0.1, -0.05) is 0 Å². The van der Waals surface area contributed by atoms with Crippen LogP contribution in [0.5, 0.6) is 0 Å². The van der Waals surface area contributed by atoms with Crippen molar-refractivity contribution in [1.82, 2.24) is 10.3 Å². The summed E-state index contributed by atoms with van der Waals surface area (Å²) in [5, 5.41) is 15.3. The van der Waals surface area contributed by atoms with E-state index in [0.29, 0.717) is 11.7 Å². The molecule has 14 heavy (non-hydrogen) atoms. The highest BCUT2D eigenvalue weighted by Gasteiger charge is 1.98. The molecule has 1 rings (SSSR count). The van der Waals surface area contributed by atoms with E-state index < -0.39 is 6.10 Å². The summed E-state index contributed by atoms with van der Waals surface area (Å²) in [4.78, 5) is 3.93. The monoisotopic (exact) mass is 211 g/mol. The minimum Gasteiger partial charge on any atom is -0.392 e. The van der Waals surface area contributed by atoms with E-state index >= 15 is 0 Å². The van der Waals surface area contributed by atoms with Gasteiger partial charge in [0.25, 0.3) is 0 Å². The average molecular weight is 211 g/mol. The number of thiocarbonyl (C=S) groups is 1. The predicted octanol–water partition coefficient (Wildman–Crippen LogP) is 0.749. The largest absolute Gasteiger partial charge is 0.392 e. The number of aliphatic hydroxyl groups excluding tert-OH is 1. The molecule has 0 fully saturated rings. The van der Waals surface area contributed by atoms with E-state index in [1.807, 2.05) is 12.1 Å². The number of hydrogen-bond acceptors (Lipinski definition) is 3. The van der Waals surface area contributed by atoms with Gasteiger partial charge in [0.15, 0.2) is 5.11 Å². The summed E-state index contributed by atoms with van der Waals surface area (Å²) in [6, 6.07) is 3.68. The summed E-state index contributed by atoms with van der Waals surface area (Å²) in [6.45, 7) is 2.13. The summed E-state index contributed by atoms with van der Waals surface area (Å²) in [5.41, 5.74) is 0.829. The maximum absolute atomic E-state index is 9.01. The first-order chi connectivity index (χ1) is 6.68. The lowest BCUT2D eigenvalue weighted by atomic mass is 10.4. The van der Waals surface area contributed by atoms with Gasteiger partial charge in [-0.3, -0.25) is 4.98 Å². The van der Waals surface area contributed by atoms with E-state index in [4.69, 9.17) is 17.3 Å². The molecule has 0 radical (unpaired) electrons. The standard InChI is InChI=1S/C9H13N3OS/c1-7(13)5-11-9(14)12-8-3-2-4-10-6-8/h2-4,6-7,13H,5H2,1H3,(H2,11,12,14). The molecule has 0 aliphatic heterocycles. The second-order valence-corrected chi connectivity index (χ2v) is 3.33. The van der Waals surface area contributed by atoms with Crippen LogP contribution in [0.4, 0.5) is 5.69 Å². The molecule has 0 aliphatic rings. The Labute approximate surface area is 88.4 Å². The van der Waals surface area contributed by atoms with E-state index in [9.17, 15) is 0 Å². The highest BCUT2D eigenvalue weighted by molar-refractivity contribution is 7.80. The second kappa shape index (κ2) is 5.51. The third kappa shape index (κ3) is 4.15. The van der Waals surface area contributed by atoms with Crippen molar-refractivity contribution in [3.8, 4) is 0 Å². The third-order valence-corrected chi connectivity index (χ3v) is 1.72. The molecular weight excluding hydrogens is 198 g/mol. The van der Waals surface area contributed by atoms with Crippen molar-refractivity contribution in [3.63, 3.8) is 0 Å². The summed E-state index contributed by atoms with van der Waals surface area (Å²) in [5.74, 6) is 0. The molecule has 1 aromatic heterocycles. The van der Waals surface area contributed by atoms with Gasteiger partial charge in [-0.15, -0.1) is 0 Å². The van der Waals surface area contributed by atoms with Gasteiger partial charge in [-0.05, 0) is 31.3 Å². The fourth-order valence-corrected chi connectivity index (χ4v) is 1.05. The van der Waals surface area contributed by atoms with Crippen molar-refractivity contribution in [3.05, 3.63) is 24.5 Å². The Morgan fingerprint density at radius 2 is 2.50 bits per heavy atom. The van der Waals surface area contributed by atoms with Gasteiger partial charge in [-0.25, -0.2) is 0 Å². The van der Waals surface area contributed by atoms with E-state index in [2.05, 4.69) is 15.6 Å². The van der Waals surface area contributed by atoms with Crippen LogP contribution in [-0.4, -0.2) is 27.9 Å². The van der Waals surface area contributed by atoms with Crippen molar-refractivity contribution < 1.29 is 5.11 Å². The van der Waals surface area contributed by atoms with Crippen LogP contribution >= 0.6 is 12.2 Å². The first-order valence-electron chi connectivity index (χ1n) is 4.31. The molecule has 1 unspecified atom stereocenters. The molecule has 4 nitrogen and oxygen atoms in total. The molecule has 76 valence electrons. The SMILES string of the molecule is CC(O)CNC(=S)Nc1cccnc1. The molecule has 1 aromatic rings. The number of nitrogens with one attached hydrogen (secondary N) is 2. The Kier molecular flexibility index (Phi) is 4.28. The van der Waals surface area contributed by atoms with Crippen LogP contribution in [-0.2, 0) is 0 Å². The molecule has 3 N–H and O–H groups in total. The molecule has 0 spiro atoms. The smallest absolute Gasteiger partial charge is 0.170 e. The zero-order valence-corrected chi connectivity index (χ0v) is 8.71. The van der Waals surface area contributed by atoms with Gasteiger partial charge in [0.05, 0.1) is 18.0 Å². The number of anilines is 1. The van der Waals surface area contributed by atoms with Crippen LogP contribution in [0.15, 0.2) is 24.5 Å². The fourth-order valence-electron chi connectivity index (χ4n) is 0.852. The number of aromatic nitrogens is 1. The minimum atomic E-state index is -0.413. The Hall–Kier alpha value is -1.20. The lowest BCUT2D eigenvalue weighted by Gasteiger charge is -2.10. The lowest BCUT2D eigenvalue weighted by Crippen LogP contribution is -2.33. The van der Waals surface area contributed by atoms with Gasteiger partial charge in [0, 0.05) is 12.7 Å². The van der Waals surface area contributed by atoms with Crippen molar-refractivity contribution in [1.29, 1.82) is 0 Å². The molecule has 0 aromatic carbocycles. The van der Waals surface area contributed by atoms with Gasteiger partial charge in [-0.2, -0.15) is 0 Å². The van der Waals surface area contributed by atoms with E-state index in [0.717, 1.165) is 5.69 Å². The van der Waals surface area contributed by atoms with Crippen LogP contribution in [0.25, 0.3) is 0 Å². The predicted molar refractivity (Wildman–Crippen MR) is 60.1 cm³/mol. The van der Waals surface area contributed by atoms with Crippen LogP contribution < -0.4 is 10.6 Å². The number of rotatable bonds is 3. The molecule has 0 amide bonds. The highest BCUT2D eigenvalue weighted by Crippen LogP contribution is 2.01. The third-order valence-electron chi connectivity index (χ3n) is 1.48. The van der Waals surface area contributed by atoms with Crippen molar-refractivity contribution in [2.45, 2.75) is 13.0 Å². The van der Waals surface area contributed by atoms with Crippen molar-refractivity contribution in [2.24, 2.45) is 0 Å². The summed E-state index contributed by atoms with van der Waals surface area (Å²) >= 11 is 4.99. The van der Waals surface area contributed by atoms with Gasteiger partial charge in [0.1, 0.15) is 0 Å². The summed E-state index contributed by atoms with van der Waals surface area (Å²) in [6.07, 6.45) is 2.96. The molecule has 5 heteroatoms. The number of aliphatic hydroxyl groups is 1. The van der Waals surface area contributed by atoms with E-state index in [1.165, 1.54) is 0 Å². The zero-order valence-electron chi connectivity index (χ0n) is 7.90. The first-order valence-corrected chi connectivity index (χ1v) is 4.72. The Balaban J connectivity index is 2.35. The first kappa shape index (κ1) is 10.9. The summed E-state index contributed by atoms with van der Waals surface area (Å²) < 4.78 is 0. The van der Waals surface area contributed by atoms with Crippen molar-refractivity contribution in [2.75, 3.05) is 11.9 Å². The van der Waals surface area contributed by atoms with Gasteiger partial charge >= 0.3 is 0 Å². The maximum atomic E-state index is 9.01. The molecule has 0 aliphatic carbocycles. The normalized spacial score (nSPS) is 11.9. The molecule has 1 heterocycles. The topological polar surface area (TPSA) is 57.2 Å². The Morgan fingerprint density at radius 3 is 3.07 bits per heavy atom. The molecular formula is C9H13N3OS. The number of nitrogens with zero attached hydrogens (tertiary/aromatic N) is 1. The van der Waals surface area contributed by atoms with Crippen LogP contribution in [0.1, 0.15) is 6.92 Å². The molecule has 0 saturated carbocycles. The fraction of sp³-hybridized carbons (Fsp3) is 0.333. The van der Waals surface area contributed by atoms with Crippen LogP contribution in [0, 0.1) is 0 Å². The van der Waals surface area contributed by atoms with Gasteiger partial charge in [0.2, 0.25) is 0 Å². The minimum absolute atomic E-state index is 0.413. The zero-order chi connectivity index (χ0) is 10.4. The Bertz CT molecular complexity index is 289. The molecule has 0 saturated heterocycles. The highest BCUT2D eigenvalue weighted by atomic mass is 32.1. The van der Waals surface area contributed by atoms with Gasteiger partial charge < -0.3 is 15.7 Å². The number of pyridine rings is 1. The van der Waals surface area contributed by atoms with Crippen LogP contribution in [0.3, 0.4) is 0 Å². The lowest BCUT2D eigenvalue weighted by molar-refractivity contribution is 0.198. The second-order valence-electron chi connectivity index (χ2n) is 2.93. The van der Waals surface area contributed by atoms with Crippen LogP contribution in [0.2, 0.25) is 0 Å².